The lowest BCUT2D eigenvalue weighted by atomic mass is 10.2. The molecule has 0 atom stereocenters. The Hall–Kier alpha value is -3.13. The van der Waals surface area contributed by atoms with E-state index < -0.39 is 11.5 Å². The Kier molecular flexibility index (Phi) is 6.10. The summed E-state index contributed by atoms with van der Waals surface area (Å²) in [5.41, 5.74) is 0.988. The lowest BCUT2D eigenvalue weighted by Gasteiger charge is -2.27. The van der Waals surface area contributed by atoms with E-state index in [9.17, 15) is 14.4 Å². The molecule has 2 amide bonds. The lowest BCUT2D eigenvalue weighted by molar-refractivity contribution is -0.118. The number of aromatic nitrogens is 1. The summed E-state index contributed by atoms with van der Waals surface area (Å²) in [5.74, 6) is -0.112. The molecule has 28 heavy (non-hydrogen) atoms. The molecule has 2 aromatic rings. The Morgan fingerprint density at radius 2 is 1.96 bits per heavy atom. The number of pyridine rings is 1. The molecule has 0 unspecified atom stereocenters. The maximum Gasteiger partial charge on any atom is 0.274 e. The van der Waals surface area contributed by atoms with Crippen molar-refractivity contribution < 1.29 is 19.1 Å². The molecule has 1 N–H and O–H groups in total. The zero-order valence-corrected chi connectivity index (χ0v) is 15.9. The molecule has 0 radical (unpaired) electrons. The predicted octanol–water partition coefficient (Wildman–Crippen LogP) is 1.18. The highest BCUT2D eigenvalue weighted by Gasteiger charge is 2.20. The number of ether oxygens (including phenoxy) is 2. The van der Waals surface area contributed by atoms with Crippen LogP contribution in [-0.2, 0) is 16.6 Å². The average Bonchev–Trinajstić information content (AvgIpc) is 2.70. The second-order valence-corrected chi connectivity index (χ2v) is 6.62. The quantitative estimate of drug-likeness (QED) is 0.835. The summed E-state index contributed by atoms with van der Waals surface area (Å²) < 4.78 is 12.0. The van der Waals surface area contributed by atoms with E-state index in [0.29, 0.717) is 37.6 Å². The van der Waals surface area contributed by atoms with Crippen molar-refractivity contribution in [3.05, 3.63) is 58.0 Å². The van der Waals surface area contributed by atoms with Crippen molar-refractivity contribution in [3.8, 4) is 5.75 Å². The van der Waals surface area contributed by atoms with Gasteiger partial charge in [0, 0.05) is 26.3 Å². The van der Waals surface area contributed by atoms with Gasteiger partial charge in [0.15, 0.2) is 6.61 Å². The monoisotopic (exact) mass is 385 g/mol. The van der Waals surface area contributed by atoms with Gasteiger partial charge in [-0.15, -0.1) is 0 Å². The van der Waals surface area contributed by atoms with Gasteiger partial charge in [-0.2, -0.15) is 0 Å². The number of anilines is 1. The maximum absolute atomic E-state index is 12.7. The van der Waals surface area contributed by atoms with Crippen molar-refractivity contribution >= 4 is 17.5 Å². The number of carbonyl (C=O) groups excluding carboxylic acids is 2. The van der Waals surface area contributed by atoms with Crippen LogP contribution in [0.4, 0.5) is 5.69 Å². The third-order valence-electron chi connectivity index (χ3n) is 4.36. The number of morpholine rings is 1. The fourth-order valence-corrected chi connectivity index (χ4v) is 2.91. The molecule has 3 rings (SSSR count). The standard InChI is InChI=1S/C20H23N3O5/c1-14-4-3-5-16(10-14)28-13-18(24)21-17-11-15(12-22(2)20(17)26)19(25)23-6-8-27-9-7-23/h3-5,10-12H,6-9,13H2,1-2H3,(H,21,24). The molecule has 1 aliphatic heterocycles. The van der Waals surface area contributed by atoms with Gasteiger partial charge in [-0.1, -0.05) is 12.1 Å². The normalized spacial score (nSPS) is 13.9. The first-order chi connectivity index (χ1) is 13.4. The molecule has 0 aliphatic carbocycles. The van der Waals surface area contributed by atoms with Gasteiger partial charge in [0.25, 0.3) is 17.4 Å². The Morgan fingerprint density at radius 1 is 1.21 bits per heavy atom. The van der Waals surface area contributed by atoms with Crippen LogP contribution in [0.3, 0.4) is 0 Å². The Labute approximate surface area is 162 Å². The highest BCUT2D eigenvalue weighted by Crippen LogP contribution is 2.13. The average molecular weight is 385 g/mol. The van der Waals surface area contributed by atoms with Crippen LogP contribution in [-0.4, -0.2) is 54.2 Å². The van der Waals surface area contributed by atoms with Crippen LogP contribution >= 0.6 is 0 Å². The molecule has 1 saturated heterocycles. The maximum atomic E-state index is 12.7. The van der Waals surface area contributed by atoms with Crippen LogP contribution in [0.5, 0.6) is 5.75 Å². The zero-order valence-electron chi connectivity index (χ0n) is 15.9. The van der Waals surface area contributed by atoms with E-state index in [4.69, 9.17) is 9.47 Å². The van der Waals surface area contributed by atoms with Gasteiger partial charge in [-0.25, -0.2) is 0 Å². The van der Waals surface area contributed by atoms with Gasteiger partial charge in [-0.3, -0.25) is 14.4 Å². The van der Waals surface area contributed by atoms with E-state index in [-0.39, 0.29) is 18.2 Å². The summed E-state index contributed by atoms with van der Waals surface area (Å²) in [5, 5.41) is 2.54. The molecule has 148 valence electrons. The number of benzene rings is 1. The molecule has 1 aromatic carbocycles. The van der Waals surface area contributed by atoms with E-state index >= 15 is 0 Å². The molecular formula is C20H23N3O5. The van der Waals surface area contributed by atoms with Gasteiger partial charge >= 0.3 is 0 Å². The van der Waals surface area contributed by atoms with E-state index in [1.54, 1.807) is 11.0 Å². The van der Waals surface area contributed by atoms with Gasteiger partial charge in [0.2, 0.25) is 0 Å². The summed E-state index contributed by atoms with van der Waals surface area (Å²) >= 11 is 0. The van der Waals surface area contributed by atoms with Crippen molar-refractivity contribution in [1.82, 2.24) is 9.47 Å². The molecule has 1 aliphatic rings. The summed E-state index contributed by atoms with van der Waals surface area (Å²) in [6.07, 6.45) is 1.47. The Morgan fingerprint density at radius 3 is 2.68 bits per heavy atom. The van der Waals surface area contributed by atoms with Crippen molar-refractivity contribution in [2.75, 3.05) is 38.2 Å². The van der Waals surface area contributed by atoms with E-state index in [0.717, 1.165) is 5.56 Å². The van der Waals surface area contributed by atoms with Crippen LogP contribution in [0.1, 0.15) is 15.9 Å². The molecule has 0 saturated carbocycles. The van der Waals surface area contributed by atoms with Crippen molar-refractivity contribution in [1.29, 1.82) is 0 Å². The molecule has 8 heteroatoms. The van der Waals surface area contributed by atoms with E-state index in [2.05, 4.69) is 5.32 Å². The van der Waals surface area contributed by atoms with Crippen molar-refractivity contribution in [2.24, 2.45) is 7.05 Å². The van der Waals surface area contributed by atoms with E-state index in [1.165, 1.54) is 23.9 Å². The van der Waals surface area contributed by atoms with Crippen LogP contribution in [0, 0.1) is 6.92 Å². The largest absolute Gasteiger partial charge is 0.484 e. The van der Waals surface area contributed by atoms with Gasteiger partial charge in [0.05, 0.1) is 18.8 Å². The summed E-state index contributed by atoms with van der Waals surface area (Å²) in [6.45, 7) is 3.64. The lowest BCUT2D eigenvalue weighted by Crippen LogP contribution is -2.41. The van der Waals surface area contributed by atoms with Crippen molar-refractivity contribution in [3.63, 3.8) is 0 Å². The second-order valence-electron chi connectivity index (χ2n) is 6.62. The van der Waals surface area contributed by atoms with Gasteiger partial charge in [-0.05, 0) is 30.7 Å². The first-order valence-corrected chi connectivity index (χ1v) is 9.01. The number of rotatable bonds is 5. The smallest absolute Gasteiger partial charge is 0.274 e. The molecular weight excluding hydrogens is 362 g/mol. The highest BCUT2D eigenvalue weighted by atomic mass is 16.5. The molecule has 0 spiro atoms. The number of aryl methyl sites for hydroxylation is 2. The number of nitrogens with one attached hydrogen (secondary N) is 1. The molecule has 1 aromatic heterocycles. The Bertz CT molecular complexity index is 932. The molecule has 8 nitrogen and oxygen atoms in total. The number of nitrogens with zero attached hydrogens (tertiary/aromatic N) is 2. The molecule has 1 fully saturated rings. The third-order valence-corrected chi connectivity index (χ3v) is 4.36. The highest BCUT2D eigenvalue weighted by molar-refractivity contribution is 5.97. The van der Waals surface area contributed by atoms with Crippen LogP contribution in [0.15, 0.2) is 41.3 Å². The first-order valence-electron chi connectivity index (χ1n) is 9.01. The zero-order chi connectivity index (χ0) is 20.1. The number of carbonyl (C=O) groups is 2. The first kappa shape index (κ1) is 19.6. The number of amides is 2. The minimum absolute atomic E-state index is 0.0412. The topological polar surface area (TPSA) is 89.9 Å². The summed E-state index contributed by atoms with van der Waals surface area (Å²) in [4.78, 5) is 38.9. The van der Waals surface area contributed by atoms with Gasteiger partial charge in [0.1, 0.15) is 11.4 Å². The minimum Gasteiger partial charge on any atom is -0.484 e. The molecule has 0 bridgehead atoms. The number of hydrogen-bond acceptors (Lipinski definition) is 5. The number of hydrogen-bond donors (Lipinski definition) is 1. The fraction of sp³-hybridized carbons (Fsp3) is 0.350. The van der Waals surface area contributed by atoms with Crippen molar-refractivity contribution in [2.45, 2.75) is 6.92 Å². The molecule has 2 heterocycles. The fourth-order valence-electron chi connectivity index (χ4n) is 2.91. The predicted molar refractivity (Wildman–Crippen MR) is 104 cm³/mol. The second kappa shape index (κ2) is 8.71. The summed E-state index contributed by atoms with van der Waals surface area (Å²) in [6, 6.07) is 8.73. The minimum atomic E-state index is -0.477. The SMILES string of the molecule is Cc1cccc(OCC(=O)Nc2cc(C(=O)N3CCOCC3)cn(C)c2=O)c1. The van der Waals surface area contributed by atoms with Gasteiger partial charge < -0.3 is 24.3 Å². The summed E-state index contributed by atoms with van der Waals surface area (Å²) in [7, 11) is 1.54. The Balaban J connectivity index is 1.70. The third kappa shape index (κ3) is 4.77. The van der Waals surface area contributed by atoms with E-state index in [1.807, 2.05) is 25.1 Å². The van der Waals surface area contributed by atoms with Crippen LogP contribution in [0.2, 0.25) is 0 Å². The van der Waals surface area contributed by atoms with Crippen LogP contribution < -0.4 is 15.6 Å². The van der Waals surface area contributed by atoms with Crippen LogP contribution in [0.25, 0.3) is 0 Å².